The van der Waals surface area contributed by atoms with Gasteiger partial charge in [-0.05, 0) is 30.2 Å². The molecule has 0 bridgehead atoms. The van der Waals surface area contributed by atoms with Crippen LogP contribution < -0.4 is 0 Å². The van der Waals surface area contributed by atoms with Gasteiger partial charge in [0.15, 0.2) is 0 Å². The third kappa shape index (κ3) is 2.15. The fourth-order valence-corrected chi connectivity index (χ4v) is 1.26. The molecule has 58 valence electrons. The molecule has 0 aliphatic heterocycles. The topological polar surface area (TPSA) is 0 Å². The van der Waals surface area contributed by atoms with E-state index >= 15 is 0 Å². The molecular formula is C9H8BrF. The summed E-state index contributed by atoms with van der Waals surface area (Å²) in [5.41, 5.74) is 0.931. The molecule has 0 unspecified atom stereocenters. The van der Waals surface area contributed by atoms with Crippen LogP contribution in [0.4, 0.5) is 4.39 Å². The number of allylic oxidation sites excluding steroid dienone is 1. The average Bonchev–Trinajstić information content (AvgIpc) is 1.98. The number of benzene rings is 1. The number of rotatable bonds is 2. The van der Waals surface area contributed by atoms with Gasteiger partial charge in [-0.1, -0.05) is 22.0 Å². The van der Waals surface area contributed by atoms with E-state index in [-0.39, 0.29) is 5.82 Å². The average molecular weight is 215 g/mol. The summed E-state index contributed by atoms with van der Waals surface area (Å²) < 4.78 is 13.5. The Morgan fingerprint density at radius 2 is 2.27 bits per heavy atom. The molecule has 1 aromatic rings. The normalized spacial score (nSPS) is 9.64. The summed E-state index contributed by atoms with van der Waals surface area (Å²) >= 11 is 3.32. The van der Waals surface area contributed by atoms with E-state index in [9.17, 15) is 4.39 Å². The number of halogens is 2. The summed E-state index contributed by atoms with van der Waals surface area (Å²) in [6, 6.07) is 4.64. The molecular weight excluding hydrogens is 207 g/mol. The van der Waals surface area contributed by atoms with E-state index < -0.39 is 0 Å². The summed E-state index contributed by atoms with van der Waals surface area (Å²) in [6.45, 7) is 3.58. The molecule has 2 heteroatoms. The van der Waals surface area contributed by atoms with Crippen molar-refractivity contribution in [2.24, 2.45) is 0 Å². The van der Waals surface area contributed by atoms with Crippen LogP contribution in [0.2, 0.25) is 0 Å². The maximum Gasteiger partial charge on any atom is 0.123 e. The Labute approximate surface area is 73.9 Å². The monoisotopic (exact) mass is 214 g/mol. The van der Waals surface area contributed by atoms with Gasteiger partial charge in [-0.25, -0.2) is 4.39 Å². The van der Waals surface area contributed by atoms with E-state index in [0.29, 0.717) is 6.42 Å². The third-order valence-electron chi connectivity index (χ3n) is 1.37. The van der Waals surface area contributed by atoms with Crippen LogP contribution >= 0.6 is 15.9 Å². The lowest BCUT2D eigenvalue weighted by atomic mass is 10.1. The maximum absolute atomic E-state index is 12.6. The molecule has 0 aliphatic rings. The summed E-state index contributed by atoms with van der Waals surface area (Å²) in [4.78, 5) is 0. The van der Waals surface area contributed by atoms with E-state index in [1.165, 1.54) is 12.1 Å². The lowest BCUT2D eigenvalue weighted by molar-refractivity contribution is 0.625. The van der Waals surface area contributed by atoms with Crippen LogP contribution in [-0.4, -0.2) is 0 Å². The lowest BCUT2D eigenvalue weighted by Crippen LogP contribution is -1.84. The molecule has 0 aromatic heterocycles. The van der Waals surface area contributed by atoms with Crippen molar-refractivity contribution in [2.45, 2.75) is 6.42 Å². The standard InChI is InChI=1S/C9H8BrF/c1-2-3-7-6-8(11)4-5-9(7)10/h2,4-6H,1,3H2. The molecule has 11 heavy (non-hydrogen) atoms. The van der Waals surface area contributed by atoms with E-state index in [2.05, 4.69) is 22.5 Å². The van der Waals surface area contributed by atoms with Crippen molar-refractivity contribution in [1.82, 2.24) is 0 Å². The first kappa shape index (κ1) is 8.47. The van der Waals surface area contributed by atoms with Gasteiger partial charge in [0.1, 0.15) is 5.82 Å². The minimum absolute atomic E-state index is 0.204. The minimum atomic E-state index is -0.204. The molecule has 0 aliphatic carbocycles. The molecule has 0 saturated carbocycles. The van der Waals surface area contributed by atoms with Crippen molar-refractivity contribution in [3.63, 3.8) is 0 Å². The molecule has 0 radical (unpaired) electrons. The highest BCUT2D eigenvalue weighted by atomic mass is 79.9. The van der Waals surface area contributed by atoms with Gasteiger partial charge >= 0.3 is 0 Å². The van der Waals surface area contributed by atoms with Crippen LogP contribution in [0.25, 0.3) is 0 Å². The number of hydrogen-bond acceptors (Lipinski definition) is 0. The Morgan fingerprint density at radius 3 is 2.91 bits per heavy atom. The molecule has 1 aromatic carbocycles. The fourth-order valence-electron chi connectivity index (χ4n) is 0.855. The Balaban J connectivity index is 3.01. The molecule has 0 atom stereocenters. The molecule has 1 rings (SSSR count). The van der Waals surface area contributed by atoms with Gasteiger partial charge in [0.2, 0.25) is 0 Å². The van der Waals surface area contributed by atoms with Crippen LogP contribution in [0, 0.1) is 5.82 Å². The molecule has 0 spiro atoms. The van der Waals surface area contributed by atoms with Crippen molar-refractivity contribution in [3.05, 3.63) is 46.7 Å². The highest BCUT2D eigenvalue weighted by molar-refractivity contribution is 9.10. The van der Waals surface area contributed by atoms with Gasteiger partial charge in [-0.3, -0.25) is 0 Å². The molecule has 0 saturated heterocycles. The summed E-state index contributed by atoms with van der Waals surface area (Å²) in [7, 11) is 0. The van der Waals surface area contributed by atoms with E-state index in [0.717, 1.165) is 10.0 Å². The van der Waals surface area contributed by atoms with Gasteiger partial charge in [0.05, 0.1) is 0 Å². The Kier molecular flexibility index (Phi) is 2.83. The summed E-state index contributed by atoms with van der Waals surface area (Å²) in [5.74, 6) is -0.204. The SMILES string of the molecule is C=CCc1cc(F)ccc1Br. The lowest BCUT2D eigenvalue weighted by Gasteiger charge is -1.99. The highest BCUT2D eigenvalue weighted by Crippen LogP contribution is 2.18. The largest absolute Gasteiger partial charge is 0.207 e. The van der Waals surface area contributed by atoms with Crippen molar-refractivity contribution >= 4 is 15.9 Å². The zero-order valence-corrected chi connectivity index (χ0v) is 7.57. The minimum Gasteiger partial charge on any atom is -0.207 e. The first-order valence-corrected chi connectivity index (χ1v) is 4.08. The molecule has 0 amide bonds. The fraction of sp³-hybridized carbons (Fsp3) is 0.111. The molecule has 0 heterocycles. The van der Waals surface area contributed by atoms with Crippen LogP contribution in [0.1, 0.15) is 5.56 Å². The summed E-state index contributed by atoms with van der Waals surface area (Å²) in [5, 5.41) is 0. The van der Waals surface area contributed by atoms with Gasteiger partial charge in [0, 0.05) is 4.47 Å². The molecule has 0 N–H and O–H groups in total. The van der Waals surface area contributed by atoms with Gasteiger partial charge < -0.3 is 0 Å². The van der Waals surface area contributed by atoms with Gasteiger partial charge in [0.25, 0.3) is 0 Å². The molecule has 0 fully saturated rings. The third-order valence-corrected chi connectivity index (χ3v) is 2.15. The quantitative estimate of drug-likeness (QED) is 0.664. The highest BCUT2D eigenvalue weighted by Gasteiger charge is 1.98. The van der Waals surface area contributed by atoms with E-state index in [1.807, 2.05) is 0 Å². The smallest absolute Gasteiger partial charge is 0.123 e. The zero-order valence-electron chi connectivity index (χ0n) is 5.98. The van der Waals surface area contributed by atoms with Crippen molar-refractivity contribution < 1.29 is 4.39 Å². The van der Waals surface area contributed by atoms with Crippen LogP contribution in [0.5, 0.6) is 0 Å². The first-order chi connectivity index (χ1) is 5.24. The number of hydrogen-bond donors (Lipinski definition) is 0. The van der Waals surface area contributed by atoms with Crippen molar-refractivity contribution in [1.29, 1.82) is 0 Å². The molecule has 0 nitrogen and oxygen atoms in total. The van der Waals surface area contributed by atoms with Gasteiger partial charge in [-0.2, -0.15) is 0 Å². The van der Waals surface area contributed by atoms with Crippen LogP contribution in [-0.2, 0) is 6.42 Å². The Hall–Kier alpha value is -0.630. The van der Waals surface area contributed by atoms with Gasteiger partial charge in [-0.15, -0.1) is 6.58 Å². The second-order valence-corrected chi connectivity index (χ2v) is 3.08. The summed E-state index contributed by atoms with van der Waals surface area (Å²) in [6.07, 6.45) is 2.44. The zero-order chi connectivity index (χ0) is 8.27. The van der Waals surface area contributed by atoms with E-state index in [4.69, 9.17) is 0 Å². The Bertz CT molecular complexity index is 268. The maximum atomic E-state index is 12.6. The second kappa shape index (κ2) is 3.67. The van der Waals surface area contributed by atoms with E-state index in [1.54, 1.807) is 12.1 Å². The van der Waals surface area contributed by atoms with Crippen molar-refractivity contribution in [3.8, 4) is 0 Å². The second-order valence-electron chi connectivity index (χ2n) is 2.23. The van der Waals surface area contributed by atoms with Crippen molar-refractivity contribution in [2.75, 3.05) is 0 Å². The predicted molar refractivity (Wildman–Crippen MR) is 48.0 cm³/mol. The first-order valence-electron chi connectivity index (χ1n) is 3.29. The van der Waals surface area contributed by atoms with Crippen LogP contribution in [0.15, 0.2) is 35.3 Å². The van der Waals surface area contributed by atoms with Crippen LogP contribution in [0.3, 0.4) is 0 Å². The Morgan fingerprint density at radius 1 is 1.55 bits per heavy atom. The predicted octanol–water partition coefficient (Wildman–Crippen LogP) is 3.32.